The zero-order valence-corrected chi connectivity index (χ0v) is 17.6. The van der Waals surface area contributed by atoms with Crippen molar-refractivity contribution in [1.29, 1.82) is 0 Å². The average Bonchev–Trinajstić information content (AvgIpc) is 3.14. The summed E-state index contributed by atoms with van der Waals surface area (Å²) in [6.45, 7) is 2.57. The SMILES string of the molecule is COc1cccc(C(=O)NC(C)c2nc3ccccc3n2Cc2ccc(Cl)cc2)c1. The monoisotopic (exact) mass is 419 g/mol. The van der Waals surface area contributed by atoms with Crippen LogP contribution in [0.4, 0.5) is 0 Å². The first-order valence-electron chi connectivity index (χ1n) is 9.69. The van der Waals surface area contributed by atoms with E-state index in [-0.39, 0.29) is 11.9 Å². The number of hydrogen-bond acceptors (Lipinski definition) is 3. The summed E-state index contributed by atoms with van der Waals surface area (Å²) >= 11 is 6.03. The summed E-state index contributed by atoms with van der Waals surface area (Å²) in [6, 6.07) is 22.5. The first-order chi connectivity index (χ1) is 14.5. The number of benzene rings is 3. The summed E-state index contributed by atoms with van der Waals surface area (Å²) in [5, 5.41) is 3.76. The van der Waals surface area contributed by atoms with E-state index >= 15 is 0 Å². The minimum atomic E-state index is -0.289. The fourth-order valence-electron chi connectivity index (χ4n) is 3.47. The third kappa shape index (κ3) is 4.16. The van der Waals surface area contributed by atoms with Crippen molar-refractivity contribution in [3.8, 4) is 5.75 Å². The molecule has 4 aromatic rings. The maximum atomic E-state index is 12.8. The molecule has 0 aliphatic rings. The maximum absolute atomic E-state index is 12.8. The van der Waals surface area contributed by atoms with Crippen LogP contribution >= 0.6 is 11.6 Å². The van der Waals surface area contributed by atoms with Gasteiger partial charge in [-0.2, -0.15) is 0 Å². The molecule has 3 aromatic carbocycles. The Hall–Kier alpha value is -3.31. The molecule has 4 rings (SSSR count). The molecule has 0 aliphatic heterocycles. The second-order valence-corrected chi connectivity index (χ2v) is 7.53. The number of aromatic nitrogens is 2. The predicted octanol–water partition coefficient (Wildman–Crippen LogP) is 5.24. The summed E-state index contributed by atoms with van der Waals surface area (Å²) in [5.41, 5.74) is 3.56. The molecule has 1 heterocycles. The summed E-state index contributed by atoms with van der Waals surface area (Å²) in [7, 11) is 1.58. The Morgan fingerprint density at radius 2 is 1.87 bits per heavy atom. The van der Waals surface area contributed by atoms with E-state index in [0.29, 0.717) is 22.9 Å². The topological polar surface area (TPSA) is 56.1 Å². The van der Waals surface area contributed by atoms with Gasteiger partial charge in [0.05, 0.1) is 24.2 Å². The van der Waals surface area contributed by atoms with Crippen LogP contribution in [-0.2, 0) is 6.54 Å². The van der Waals surface area contributed by atoms with Gasteiger partial charge in [0.25, 0.3) is 5.91 Å². The third-order valence-corrected chi connectivity index (χ3v) is 5.26. The molecule has 5 nitrogen and oxygen atoms in total. The van der Waals surface area contributed by atoms with Gasteiger partial charge in [-0.25, -0.2) is 4.98 Å². The van der Waals surface area contributed by atoms with Gasteiger partial charge in [-0.15, -0.1) is 0 Å². The van der Waals surface area contributed by atoms with Gasteiger partial charge in [0.15, 0.2) is 0 Å². The first-order valence-corrected chi connectivity index (χ1v) is 10.1. The van der Waals surface area contributed by atoms with Crippen LogP contribution in [0.15, 0.2) is 72.8 Å². The predicted molar refractivity (Wildman–Crippen MR) is 119 cm³/mol. The molecule has 0 saturated heterocycles. The van der Waals surface area contributed by atoms with Crippen molar-refractivity contribution in [2.75, 3.05) is 7.11 Å². The van der Waals surface area contributed by atoms with Crippen molar-refractivity contribution < 1.29 is 9.53 Å². The highest BCUT2D eigenvalue weighted by Crippen LogP contribution is 2.23. The highest BCUT2D eigenvalue weighted by molar-refractivity contribution is 6.30. The number of hydrogen-bond donors (Lipinski definition) is 1. The molecular formula is C24H22ClN3O2. The normalized spacial score (nSPS) is 12.0. The van der Waals surface area contributed by atoms with Gasteiger partial charge in [-0.05, 0) is 55.0 Å². The van der Waals surface area contributed by atoms with Gasteiger partial charge in [0.1, 0.15) is 11.6 Å². The molecule has 6 heteroatoms. The molecule has 1 N–H and O–H groups in total. The largest absolute Gasteiger partial charge is 0.497 e. The van der Waals surface area contributed by atoms with Crippen molar-refractivity contribution in [3.05, 3.63) is 94.8 Å². The Labute approximate surface area is 180 Å². The number of imidazole rings is 1. The van der Waals surface area contributed by atoms with Crippen LogP contribution in [-0.4, -0.2) is 22.6 Å². The van der Waals surface area contributed by atoms with Crippen LogP contribution in [0.3, 0.4) is 0 Å². The summed E-state index contributed by atoms with van der Waals surface area (Å²) in [6.07, 6.45) is 0. The van der Waals surface area contributed by atoms with Gasteiger partial charge < -0.3 is 14.6 Å². The van der Waals surface area contributed by atoms with Gasteiger partial charge >= 0.3 is 0 Å². The van der Waals surface area contributed by atoms with Crippen molar-refractivity contribution >= 4 is 28.5 Å². The van der Waals surface area contributed by atoms with Gasteiger partial charge in [0, 0.05) is 17.1 Å². The molecule has 152 valence electrons. The number of nitrogens with one attached hydrogen (secondary N) is 1. The molecule has 0 fully saturated rings. The van der Waals surface area contributed by atoms with Gasteiger partial charge in [-0.3, -0.25) is 4.79 Å². The van der Waals surface area contributed by atoms with E-state index in [9.17, 15) is 4.79 Å². The lowest BCUT2D eigenvalue weighted by atomic mass is 10.2. The number of fused-ring (bicyclic) bond motifs is 1. The van der Waals surface area contributed by atoms with Crippen LogP contribution in [0.2, 0.25) is 5.02 Å². The Morgan fingerprint density at radius 1 is 1.10 bits per heavy atom. The van der Waals surface area contributed by atoms with Gasteiger partial charge in [0.2, 0.25) is 0 Å². The molecule has 0 aliphatic carbocycles. The summed E-state index contributed by atoms with van der Waals surface area (Å²) in [5.74, 6) is 1.26. The molecule has 0 spiro atoms. The number of amides is 1. The number of ether oxygens (including phenoxy) is 1. The number of methoxy groups -OCH3 is 1. The van der Waals surface area contributed by atoms with Crippen molar-refractivity contribution in [1.82, 2.24) is 14.9 Å². The standard InChI is InChI=1S/C24H22ClN3O2/c1-16(26-24(29)18-6-5-7-20(14-18)30-2)23-27-21-8-3-4-9-22(21)28(23)15-17-10-12-19(25)13-11-17/h3-14,16H,15H2,1-2H3,(H,26,29). The fourth-order valence-corrected chi connectivity index (χ4v) is 3.60. The number of carbonyl (C=O) groups excluding carboxylic acids is 1. The van der Waals surface area contributed by atoms with Crippen LogP contribution < -0.4 is 10.1 Å². The van der Waals surface area contributed by atoms with E-state index in [2.05, 4.69) is 9.88 Å². The highest BCUT2D eigenvalue weighted by Gasteiger charge is 2.19. The minimum absolute atomic E-state index is 0.175. The van der Waals surface area contributed by atoms with E-state index in [1.165, 1.54) is 0 Å². The fraction of sp³-hybridized carbons (Fsp3) is 0.167. The van der Waals surface area contributed by atoms with Crippen LogP contribution in [0.5, 0.6) is 5.75 Å². The second-order valence-electron chi connectivity index (χ2n) is 7.10. The quantitative estimate of drug-likeness (QED) is 0.465. The number of para-hydroxylation sites is 2. The lowest BCUT2D eigenvalue weighted by molar-refractivity contribution is 0.0937. The van der Waals surface area contributed by atoms with Crippen molar-refractivity contribution in [2.45, 2.75) is 19.5 Å². The van der Waals surface area contributed by atoms with Crippen LogP contribution in [0.25, 0.3) is 11.0 Å². The molecule has 0 bridgehead atoms. The number of rotatable bonds is 6. The Morgan fingerprint density at radius 3 is 2.63 bits per heavy atom. The lowest BCUT2D eigenvalue weighted by Crippen LogP contribution is -2.28. The molecule has 1 atom stereocenters. The van der Waals surface area contributed by atoms with Gasteiger partial charge in [-0.1, -0.05) is 41.9 Å². The lowest BCUT2D eigenvalue weighted by Gasteiger charge is -2.17. The Balaban J connectivity index is 1.65. The van der Waals surface area contributed by atoms with Crippen molar-refractivity contribution in [2.24, 2.45) is 0 Å². The van der Waals surface area contributed by atoms with E-state index in [4.69, 9.17) is 21.3 Å². The molecule has 30 heavy (non-hydrogen) atoms. The summed E-state index contributed by atoms with van der Waals surface area (Å²) in [4.78, 5) is 17.6. The zero-order valence-electron chi connectivity index (χ0n) is 16.8. The molecule has 0 saturated carbocycles. The van der Waals surface area contributed by atoms with E-state index in [0.717, 1.165) is 22.4 Å². The molecule has 0 radical (unpaired) electrons. The molecular weight excluding hydrogens is 398 g/mol. The third-order valence-electron chi connectivity index (χ3n) is 5.00. The van der Waals surface area contributed by atoms with E-state index < -0.39 is 0 Å². The van der Waals surface area contributed by atoms with E-state index in [1.807, 2.05) is 61.5 Å². The van der Waals surface area contributed by atoms with Crippen LogP contribution in [0, 0.1) is 0 Å². The Kier molecular flexibility index (Phi) is 5.72. The zero-order chi connectivity index (χ0) is 21.1. The minimum Gasteiger partial charge on any atom is -0.497 e. The highest BCUT2D eigenvalue weighted by atomic mass is 35.5. The number of carbonyl (C=O) groups is 1. The average molecular weight is 420 g/mol. The van der Waals surface area contributed by atoms with Crippen molar-refractivity contribution in [3.63, 3.8) is 0 Å². The maximum Gasteiger partial charge on any atom is 0.251 e. The Bertz CT molecular complexity index is 1180. The first kappa shape index (κ1) is 20.0. The molecule has 1 unspecified atom stereocenters. The second kappa shape index (κ2) is 8.59. The number of halogens is 1. The molecule has 1 amide bonds. The van der Waals surface area contributed by atoms with Crippen LogP contribution in [0.1, 0.15) is 34.7 Å². The smallest absolute Gasteiger partial charge is 0.251 e. The van der Waals surface area contributed by atoms with E-state index in [1.54, 1.807) is 25.3 Å². The number of nitrogens with zero attached hydrogens (tertiary/aromatic N) is 2. The molecule has 1 aromatic heterocycles. The summed E-state index contributed by atoms with van der Waals surface area (Å²) < 4.78 is 7.36.